The molecule has 140 valence electrons. The van der Waals surface area contributed by atoms with Gasteiger partial charge in [0.15, 0.2) is 18.1 Å². The zero-order valence-corrected chi connectivity index (χ0v) is 15.5. The predicted molar refractivity (Wildman–Crippen MR) is 96.6 cm³/mol. The van der Waals surface area contributed by atoms with E-state index in [9.17, 15) is 14.9 Å². The molecule has 0 fully saturated rings. The molecule has 1 atom stereocenters. The molecule has 26 heavy (non-hydrogen) atoms. The summed E-state index contributed by atoms with van der Waals surface area (Å²) in [6.45, 7) is 5.56. The molecular weight excluding hydrogens is 336 g/mol. The molecule has 1 aromatic rings. The van der Waals surface area contributed by atoms with Gasteiger partial charge >= 0.3 is 5.97 Å². The first-order valence-corrected chi connectivity index (χ1v) is 8.34. The van der Waals surface area contributed by atoms with E-state index >= 15 is 0 Å². The smallest absolute Gasteiger partial charge is 0.344 e. The third kappa shape index (κ3) is 6.48. The van der Waals surface area contributed by atoms with Crippen molar-refractivity contribution in [2.45, 2.75) is 33.2 Å². The average molecular weight is 360 g/mol. The van der Waals surface area contributed by atoms with Gasteiger partial charge in [-0.25, -0.2) is 4.79 Å². The van der Waals surface area contributed by atoms with Crippen LogP contribution in [0.4, 0.5) is 0 Å². The Bertz CT molecular complexity index is 706. The lowest BCUT2D eigenvalue weighted by Crippen LogP contribution is -2.32. The molecule has 0 aliphatic carbocycles. The number of carbonyl (C=O) groups is 2. The van der Waals surface area contributed by atoms with Gasteiger partial charge in [-0.2, -0.15) is 5.26 Å². The van der Waals surface area contributed by atoms with Crippen LogP contribution in [0.1, 0.15) is 32.8 Å². The number of hydrogen-bond acceptors (Lipinski definition) is 6. The van der Waals surface area contributed by atoms with Crippen molar-refractivity contribution < 1.29 is 23.8 Å². The number of nitriles is 1. The highest BCUT2D eigenvalue weighted by molar-refractivity contribution is 6.01. The van der Waals surface area contributed by atoms with Gasteiger partial charge in [-0.05, 0) is 44.0 Å². The van der Waals surface area contributed by atoms with E-state index in [2.05, 4.69) is 5.32 Å². The number of methoxy groups -OCH3 is 1. The molecule has 0 unspecified atom stereocenters. The number of nitrogens with zero attached hydrogens (tertiary/aromatic N) is 1. The quantitative estimate of drug-likeness (QED) is 0.413. The van der Waals surface area contributed by atoms with Crippen LogP contribution in [0, 0.1) is 11.3 Å². The maximum atomic E-state index is 12.1. The van der Waals surface area contributed by atoms with Crippen molar-refractivity contribution in [3.8, 4) is 17.6 Å². The van der Waals surface area contributed by atoms with Gasteiger partial charge in [0.1, 0.15) is 11.6 Å². The van der Waals surface area contributed by atoms with Crippen molar-refractivity contribution in [3.05, 3.63) is 29.3 Å². The van der Waals surface area contributed by atoms with Gasteiger partial charge in [-0.1, -0.05) is 13.0 Å². The second-order valence-corrected chi connectivity index (χ2v) is 5.46. The van der Waals surface area contributed by atoms with Crippen molar-refractivity contribution in [1.82, 2.24) is 5.32 Å². The number of carbonyl (C=O) groups excluding carboxylic acids is 2. The molecule has 7 heteroatoms. The first-order valence-electron chi connectivity index (χ1n) is 8.34. The zero-order valence-electron chi connectivity index (χ0n) is 15.5. The van der Waals surface area contributed by atoms with Gasteiger partial charge in [-0.3, -0.25) is 4.79 Å². The fourth-order valence-electron chi connectivity index (χ4n) is 1.95. The van der Waals surface area contributed by atoms with Crippen LogP contribution < -0.4 is 14.8 Å². The number of nitrogens with one attached hydrogen (secondary N) is 1. The highest BCUT2D eigenvalue weighted by Gasteiger charge is 2.13. The van der Waals surface area contributed by atoms with Crippen molar-refractivity contribution in [2.75, 3.05) is 20.3 Å². The van der Waals surface area contributed by atoms with Crippen LogP contribution in [0.5, 0.6) is 11.5 Å². The van der Waals surface area contributed by atoms with E-state index < -0.39 is 11.9 Å². The van der Waals surface area contributed by atoms with Crippen LogP contribution in [-0.4, -0.2) is 38.2 Å². The first kappa shape index (κ1) is 21.0. The second-order valence-electron chi connectivity index (χ2n) is 5.46. The van der Waals surface area contributed by atoms with E-state index in [1.807, 2.05) is 19.9 Å². The van der Waals surface area contributed by atoms with Gasteiger partial charge in [0, 0.05) is 6.04 Å². The van der Waals surface area contributed by atoms with Gasteiger partial charge in [0.05, 0.1) is 13.7 Å². The van der Waals surface area contributed by atoms with E-state index in [0.29, 0.717) is 17.1 Å². The highest BCUT2D eigenvalue weighted by Crippen LogP contribution is 2.29. The van der Waals surface area contributed by atoms with Crippen LogP contribution in [0.15, 0.2) is 23.8 Å². The highest BCUT2D eigenvalue weighted by atomic mass is 16.6. The van der Waals surface area contributed by atoms with Crippen molar-refractivity contribution in [2.24, 2.45) is 0 Å². The predicted octanol–water partition coefficient (Wildman–Crippen LogP) is 2.46. The van der Waals surface area contributed by atoms with Crippen LogP contribution in [-0.2, 0) is 14.3 Å². The Labute approximate surface area is 153 Å². The number of hydrogen-bond donors (Lipinski definition) is 1. The molecule has 0 aliphatic heterocycles. The Morgan fingerprint density at radius 3 is 2.62 bits per heavy atom. The molecule has 1 N–H and O–H groups in total. The van der Waals surface area contributed by atoms with Gasteiger partial charge < -0.3 is 19.5 Å². The number of benzene rings is 1. The Hall–Kier alpha value is -3.01. The summed E-state index contributed by atoms with van der Waals surface area (Å²) in [7, 11) is 1.46. The standard InChI is InChI=1S/C19H24N2O5/c1-5-13(3)21-19(23)15(11-20)9-14-7-8-16(17(10-14)24-4)26-12-18(22)25-6-2/h7-10,13H,5-6,12H2,1-4H3,(H,21,23)/b15-9+/t13-/m0/s1. The summed E-state index contributed by atoms with van der Waals surface area (Å²) in [5, 5.41) is 12.0. The third-order valence-electron chi connectivity index (χ3n) is 3.50. The lowest BCUT2D eigenvalue weighted by Gasteiger charge is -2.12. The molecule has 0 saturated carbocycles. The fourth-order valence-corrected chi connectivity index (χ4v) is 1.95. The SMILES string of the molecule is CCOC(=O)COc1ccc(/C=C(\C#N)C(=O)N[C@@H](C)CC)cc1OC. The molecule has 1 aromatic carbocycles. The summed E-state index contributed by atoms with van der Waals surface area (Å²) in [6, 6.07) is 6.77. The lowest BCUT2D eigenvalue weighted by molar-refractivity contribution is -0.145. The maximum Gasteiger partial charge on any atom is 0.344 e. The number of esters is 1. The first-order chi connectivity index (χ1) is 12.4. The minimum Gasteiger partial charge on any atom is -0.493 e. The molecule has 0 saturated heterocycles. The fraction of sp³-hybridized carbons (Fsp3) is 0.421. The summed E-state index contributed by atoms with van der Waals surface area (Å²) in [5.41, 5.74) is 0.591. The van der Waals surface area contributed by atoms with Crippen LogP contribution in [0.25, 0.3) is 6.08 Å². The molecule has 0 spiro atoms. The number of ether oxygens (including phenoxy) is 3. The average Bonchev–Trinajstić information content (AvgIpc) is 2.64. The summed E-state index contributed by atoms with van der Waals surface area (Å²) < 4.78 is 15.4. The van der Waals surface area contributed by atoms with E-state index in [1.165, 1.54) is 13.2 Å². The van der Waals surface area contributed by atoms with Crippen molar-refractivity contribution >= 4 is 18.0 Å². The molecule has 1 amide bonds. The molecule has 0 bridgehead atoms. The van der Waals surface area contributed by atoms with Gasteiger partial charge in [-0.15, -0.1) is 0 Å². The summed E-state index contributed by atoms with van der Waals surface area (Å²) >= 11 is 0. The monoisotopic (exact) mass is 360 g/mol. The summed E-state index contributed by atoms with van der Waals surface area (Å²) in [5.74, 6) is -0.168. The van der Waals surface area contributed by atoms with Crippen molar-refractivity contribution in [1.29, 1.82) is 5.26 Å². The third-order valence-corrected chi connectivity index (χ3v) is 3.50. The molecule has 7 nitrogen and oxygen atoms in total. The molecule has 0 radical (unpaired) electrons. The topological polar surface area (TPSA) is 97.7 Å². The minimum absolute atomic E-state index is 0.00690. The van der Waals surface area contributed by atoms with Crippen molar-refractivity contribution in [3.63, 3.8) is 0 Å². The van der Waals surface area contributed by atoms with E-state index in [1.54, 1.807) is 25.1 Å². The summed E-state index contributed by atoms with van der Waals surface area (Å²) in [4.78, 5) is 23.5. The largest absolute Gasteiger partial charge is 0.493 e. The second kappa shape index (κ2) is 10.8. The maximum absolute atomic E-state index is 12.1. The van der Waals surface area contributed by atoms with E-state index in [0.717, 1.165) is 6.42 Å². The Balaban J connectivity index is 2.95. The molecule has 0 aliphatic rings. The Morgan fingerprint density at radius 2 is 2.04 bits per heavy atom. The number of amides is 1. The van der Waals surface area contributed by atoms with Gasteiger partial charge in [0.2, 0.25) is 0 Å². The van der Waals surface area contributed by atoms with Crippen LogP contribution in [0.3, 0.4) is 0 Å². The molecule has 1 rings (SSSR count). The van der Waals surface area contributed by atoms with Crippen LogP contribution in [0.2, 0.25) is 0 Å². The Morgan fingerprint density at radius 1 is 1.31 bits per heavy atom. The van der Waals surface area contributed by atoms with E-state index in [-0.39, 0.29) is 24.8 Å². The lowest BCUT2D eigenvalue weighted by atomic mass is 10.1. The molecule has 0 heterocycles. The normalized spacial score (nSPS) is 11.9. The Kier molecular flexibility index (Phi) is 8.71. The van der Waals surface area contributed by atoms with Crippen LogP contribution >= 0.6 is 0 Å². The van der Waals surface area contributed by atoms with Gasteiger partial charge in [0.25, 0.3) is 5.91 Å². The molecular formula is C19H24N2O5. The minimum atomic E-state index is -0.480. The molecule has 0 aromatic heterocycles. The summed E-state index contributed by atoms with van der Waals surface area (Å²) in [6.07, 6.45) is 2.24. The van der Waals surface area contributed by atoms with E-state index in [4.69, 9.17) is 14.2 Å². The number of rotatable bonds is 9. The zero-order chi connectivity index (χ0) is 19.5.